The van der Waals surface area contributed by atoms with Crippen molar-refractivity contribution in [3.63, 3.8) is 0 Å². The first-order valence-electron chi connectivity index (χ1n) is 6.94. The van der Waals surface area contributed by atoms with E-state index in [0.29, 0.717) is 0 Å². The van der Waals surface area contributed by atoms with Crippen molar-refractivity contribution in [1.82, 2.24) is 5.32 Å². The van der Waals surface area contributed by atoms with Gasteiger partial charge in [0, 0.05) is 6.54 Å². The molecule has 2 rings (SSSR count). The van der Waals surface area contributed by atoms with Gasteiger partial charge in [-0.25, -0.2) is 0 Å². The Labute approximate surface area is 106 Å². The van der Waals surface area contributed by atoms with Crippen molar-refractivity contribution >= 4 is 0 Å². The highest BCUT2D eigenvalue weighted by atomic mass is 14.8. The van der Waals surface area contributed by atoms with Crippen LogP contribution in [-0.2, 0) is 6.54 Å². The van der Waals surface area contributed by atoms with E-state index in [1.54, 1.807) is 0 Å². The molecule has 0 heterocycles. The molecule has 17 heavy (non-hydrogen) atoms. The van der Waals surface area contributed by atoms with Gasteiger partial charge in [0.2, 0.25) is 0 Å². The molecule has 0 saturated heterocycles. The maximum atomic E-state index is 3.57. The van der Waals surface area contributed by atoms with Crippen molar-refractivity contribution in [1.29, 1.82) is 0 Å². The summed E-state index contributed by atoms with van der Waals surface area (Å²) < 4.78 is 0. The van der Waals surface area contributed by atoms with Crippen LogP contribution < -0.4 is 5.32 Å². The summed E-state index contributed by atoms with van der Waals surface area (Å²) in [6, 6.07) is 4.63. The average Bonchev–Trinajstić information content (AvgIpc) is 3.08. The van der Waals surface area contributed by atoms with Crippen molar-refractivity contribution in [3.05, 3.63) is 34.4 Å². The molecule has 1 aromatic rings. The van der Waals surface area contributed by atoms with Gasteiger partial charge in [-0.05, 0) is 68.3 Å². The van der Waals surface area contributed by atoms with Gasteiger partial charge in [-0.15, -0.1) is 0 Å². The fourth-order valence-electron chi connectivity index (χ4n) is 2.36. The van der Waals surface area contributed by atoms with Gasteiger partial charge in [0.1, 0.15) is 0 Å². The third-order valence-electron chi connectivity index (χ3n) is 3.93. The van der Waals surface area contributed by atoms with Crippen LogP contribution in [0.5, 0.6) is 0 Å². The zero-order valence-electron chi connectivity index (χ0n) is 11.5. The third-order valence-corrected chi connectivity index (χ3v) is 3.93. The van der Waals surface area contributed by atoms with Crippen LogP contribution in [-0.4, -0.2) is 6.54 Å². The van der Waals surface area contributed by atoms with Gasteiger partial charge in [-0.3, -0.25) is 0 Å². The molecule has 1 fully saturated rings. The smallest absolute Gasteiger partial charge is 0.0208 e. The minimum absolute atomic E-state index is 1.03. The van der Waals surface area contributed by atoms with Crippen LogP contribution in [0.1, 0.15) is 47.9 Å². The summed E-state index contributed by atoms with van der Waals surface area (Å²) >= 11 is 0. The summed E-state index contributed by atoms with van der Waals surface area (Å²) in [5.74, 6) is 1.07. The van der Waals surface area contributed by atoms with Gasteiger partial charge in [0.25, 0.3) is 0 Å². The van der Waals surface area contributed by atoms with Gasteiger partial charge < -0.3 is 5.32 Å². The van der Waals surface area contributed by atoms with E-state index in [9.17, 15) is 0 Å². The molecule has 0 spiro atoms. The van der Waals surface area contributed by atoms with E-state index in [2.05, 4.69) is 38.2 Å². The molecule has 1 aliphatic carbocycles. The summed E-state index contributed by atoms with van der Waals surface area (Å²) in [6.07, 6.45) is 5.74. The third kappa shape index (κ3) is 3.85. The first-order valence-corrected chi connectivity index (χ1v) is 6.94. The van der Waals surface area contributed by atoms with Crippen LogP contribution in [0.3, 0.4) is 0 Å². The van der Waals surface area contributed by atoms with Crippen molar-refractivity contribution in [2.45, 2.75) is 53.0 Å². The van der Waals surface area contributed by atoms with Gasteiger partial charge in [-0.1, -0.05) is 25.0 Å². The quantitative estimate of drug-likeness (QED) is 0.732. The molecule has 1 aromatic carbocycles. The lowest BCUT2D eigenvalue weighted by Crippen LogP contribution is -2.15. The lowest BCUT2D eigenvalue weighted by atomic mass is 10.0. The Balaban J connectivity index is 1.75. The minimum Gasteiger partial charge on any atom is -0.313 e. The standard InChI is InChI=1S/C16H25N/c1-12-9-14(3)16(10-13(12)2)11-17-8-4-5-15-6-7-15/h9-10,15,17H,4-8,11H2,1-3H3. The van der Waals surface area contributed by atoms with Crippen molar-refractivity contribution < 1.29 is 0 Å². The highest BCUT2D eigenvalue weighted by Gasteiger charge is 2.19. The Morgan fingerprint density at radius 1 is 1.06 bits per heavy atom. The molecule has 0 atom stereocenters. The predicted octanol–water partition coefficient (Wildman–Crippen LogP) is 3.89. The summed E-state index contributed by atoms with van der Waals surface area (Å²) in [7, 11) is 0. The maximum absolute atomic E-state index is 3.57. The Morgan fingerprint density at radius 2 is 1.76 bits per heavy atom. The lowest BCUT2D eigenvalue weighted by molar-refractivity contribution is 0.593. The molecular formula is C16H25N. The van der Waals surface area contributed by atoms with Crippen LogP contribution >= 0.6 is 0 Å². The van der Waals surface area contributed by atoms with Crippen LogP contribution in [0.2, 0.25) is 0 Å². The van der Waals surface area contributed by atoms with E-state index in [1.807, 2.05) is 0 Å². The van der Waals surface area contributed by atoms with Crippen LogP contribution in [0.15, 0.2) is 12.1 Å². The van der Waals surface area contributed by atoms with Gasteiger partial charge in [0.05, 0.1) is 0 Å². The minimum atomic E-state index is 1.03. The molecule has 0 radical (unpaired) electrons. The molecule has 1 aliphatic rings. The zero-order chi connectivity index (χ0) is 12.3. The van der Waals surface area contributed by atoms with Crippen LogP contribution in [0.25, 0.3) is 0 Å². The van der Waals surface area contributed by atoms with Gasteiger partial charge in [0.15, 0.2) is 0 Å². The molecule has 1 heteroatoms. The number of hydrogen-bond donors (Lipinski definition) is 1. The number of hydrogen-bond acceptors (Lipinski definition) is 1. The summed E-state index contributed by atoms with van der Waals surface area (Å²) in [5, 5.41) is 3.57. The number of benzene rings is 1. The van der Waals surface area contributed by atoms with E-state index < -0.39 is 0 Å². The Morgan fingerprint density at radius 3 is 2.47 bits per heavy atom. The number of rotatable bonds is 6. The first kappa shape index (κ1) is 12.6. The summed E-state index contributed by atoms with van der Waals surface area (Å²) in [6.45, 7) is 8.80. The van der Waals surface area contributed by atoms with Crippen LogP contribution in [0.4, 0.5) is 0 Å². The van der Waals surface area contributed by atoms with Gasteiger partial charge >= 0.3 is 0 Å². The second-order valence-electron chi connectivity index (χ2n) is 5.63. The fourth-order valence-corrected chi connectivity index (χ4v) is 2.36. The predicted molar refractivity (Wildman–Crippen MR) is 74.3 cm³/mol. The Hall–Kier alpha value is -0.820. The SMILES string of the molecule is Cc1cc(C)c(CNCCCC2CC2)cc1C. The largest absolute Gasteiger partial charge is 0.313 e. The number of nitrogens with one attached hydrogen (secondary N) is 1. The summed E-state index contributed by atoms with van der Waals surface area (Å²) in [5.41, 5.74) is 5.69. The monoisotopic (exact) mass is 231 g/mol. The Bertz CT molecular complexity index is 377. The normalized spacial score (nSPS) is 15.2. The second kappa shape index (κ2) is 5.68. The summed E-state index contributed by atoms with van der Waals surface area (Å²) in [4.78, 5) is 0. The molecule has 1 saturated carbocycles. The molecule has 0 unspecified atom stereocenters. The second-order valence-corrected chi connectivity index (χ2v) is 5.63. The molecular weight excluding hydrogens is 206 g/mol. The first-order chi connectivity index (χ1) is 8.16. The average molecular weight is 231 g/mol. The van der Waals surface area contributed by atoms with E-state index in [4.69, 9.17) is 0 Å². The van der Waals surface area contributed by atoms with Crippen molar-refractivity contribution in [3.8, 4) is 0 Å². The topological polar surface area (TPSA) is 12.0 Å². The van der Waals surface area contributed by atoms with E-state index in [0.717, 1.165) is 12.5 Å². The molecule has 0 bridgehead atoms. The van der Waals surface area contributed by atoms with Crippen molar-refractivity contribution in [2.75, 3.05) is 6.54 Å². The molecule has 1 N–H and O–H groups in total. The highest BCUT2D eigenvalue weighted by Crippen LogP contribution is 2.33. The highest BCUT2D eigenvalue weighted by molar-refractivity contribution is 5.36. The van der Waals surface area contributed by atoms with Crippen molar-refractivity contribution in [2.24, 2.45) is 5.92 Å². The van der Waals surface area contributed by atoms with E-state index in [-0.39, 0.29) is 0 Å². The fraction of sp³-hybridized carbons (Fsp3) is 0.625. The zero-order valence-corrected chi connectivity index (χ0v) is 11.5. The molecule has 0 amide bonds. The molecule has 0 aliphatic heterocycles. The molecule has 0 aromatic heterocycles. The number of aryl methyl sites for hydroxylation is 3. The molecule has 94 valence electrons. The van der Waals surface area contributed by atoms with Crippen LogP contribution in [0, 0.1) is 26.7 Å². The van der Waals surface area contributed by atoms with E-state index in [1.165, 1.54) is 54.5 Å². The molecule has 1 nitrogen and oxygen atoms in total. The lowest BCUT2D eigenvalue weighted by Gasteiger charge is -2.11. The maximum Gasteiger partial charge on any atom is 0.0208 e. The van der Waals surface area contributed by atoms with Gasteiger partial charge in [-0.2, -0.15) is 0 Å². The Kier molecular flexibility index (Phi) is 4.22. The van der Waals surface area contributed by atoms with E-state index >= 15 is 0 Å².